The molecule has 0 radical (unpaired) electrons. The maximum absolute atomic E-state index is 13.1. The van der Waals surface area contributed by atoms with Crippen molar-refractivity contribution in [2.24, 2.45) is 0 Å². The van der Waals surface area contributed by atoms with E-state index in [0.29, 0.717) is 10.7 Å². The Balaban J connectivity index is 1.66. The van der Waals surface area contributed by atoms with Crippen LogP contribution in [0.5, 0.6) is 0 Å². The molecule has 1 aromatic carbocycles. The second kappa shape index (κ2) is 9.36. The average molecular weight is 489 g/mol. The number of carbonyl (C=O) groups excluding carboxylic acids is 2. The summed E-state index contributed by atoms with van der Waals surface area (Å²) in [7, 11) is -2.73. The highest BCUT2D eigenvalue weighted by Crippen LogP contribution is 2.29. The van der Waals surface area contributed by atoms with Crippen LogP contribution in [0.4, 0.5) is 5.69 Å². The van der Waals surface area contributed by atoms with Crippen LogP contribution in [0, 0.1) is 6.92 Å². The third-order valence-electron chi connectivity index (χ3n) is 5.32. The van der Waals surface area contributed by atoms with Gasteiger partial charge in [-0.2, -0.15) is 0 Å². The summed E-state index contributed by atoms with van der Waals surface area (Å²) >= 11 is 1.39. The van der Waals surface area contributed by atoms with Crippen LogP contribution < -0.4 is 4.72 Å². The molecule has 1 fully saturated rings. The Hall–Kier alpha value is -3.18. The lowest BCUT2D eigenvalue weighted by atomic mass is 10.2. The van der Waals surface area contributed by atoms with E-state index in [0.717, 1.165) is 31.6 Å². The second-order valence-electron chi connectivity index (χ2n) is 7.75. The molecule has 0 saturated carbocycles. The zero-order valence-corrected chi connectivity index (χ0v) is 19.9. The minimum Gasteiger partial charge on any atom is -0.465 e. The van der Waals surface area contributed by atoms with Crippen LogP contribution in [0.2, 0.25) is 0 Å². The number of amides is 1. The van der Waals surface area contributed by atoms with Gasteiger partial charge in [0.1, 0.15) is 16.4 Å². The zero-order valence-electron chi connectivity index (χ0n) is 18.3. The lowest BCUT2D eigenvalue weighted by molar-refractivity contribution is -0.130. The van der Waals surface area contributed by atoms with E-state index in [4.69, 9.17) is 4.74 Å². The molecule has 1 aliphatic heterocycles. The van der Waals surface area contributed by atoms with Gasteiger partial charge in [-0.05, 0) is 44.0 Å². The monoisotopic (exact) mass is 488 g/mol. The molecule has 1 saturated heterocycles. The van der Waals surface area contributed by atoms with Crippen molar-refractivity contribution in [1.82, 2.24) is 14.5 Å². The van der Waals surface area contributed by atoms with Gasteiger partial charge in [0.15, 0.2) is 0 Å². The van der Waals surface area contributed by atoms with Crippen molar-refractivity contribution in [3.8, 4) is 10.7 Å². The first-order valence-corrected chi connectivity index (χ1v) is 12.7. The van der Waals surface area contributed by atoms with Gasteiger partial charge in [0.05, 0.1) is 18.4 Å². The van der Waals surface area contributed by atoms with Crippen LogP contribution in [0.15, 0.2) is 46.8 Å². The lowest BCUT2D eigenvalue weighted by Crippen LogP contribution is -2.31. The summed E-state index contributed by atoms with van der Waals surface area (Å²) < 4.78 is 35.1. The molecule has 3 aromatic rings. The van der Waals surface area contributed by atoms with Crippen molar-refractivity contribution in [2.75, 3.05) is 24.9 Å². The Kier molecular flexibility index (Phi) is 6.52. The average Bonchev–Trinajstić information content (AvgIpc) is 3.54. The summed E-state index contributed by atoms with van der Waals surface area (Å²) in [6.45, 7) is 3.32. The van der Waals surface area contributed by atoms with Crippen molar-refractivity contribution < 1.29 is 22.7 Å². The Morgan fingerprint density at radius 3 is 2.64 bits per heavy atom. The molecular weight excluding hydrogens is 464 g/mol. The van der Waals surface area contributed by atoms with Gasteiger partial charge in [-0.1, -0.05) is 6.07 Å². The Morgan fingerprint density at radius 1 is 1.21 bits per heavy atom. The number of hydrogen-bond acceptors (Lipinski definition) is 7. The number of nitrogens with zero attached hydrogens (tertiary/aromatic N) is 3. The fraction of sp³-hybridized carbons (Fsp3) is 0.318. The quantitative estimate of drug-likeness (QED) is 0.512. The van der Waals surface area contributed by atoms with Gasteiger partial charge in [-0.25, -0.2) is 18.2 Å². The van der Waals surface area contributed by atoms with Crippen LogP contribution in [0.1, 0.15) is 28.9 Å². The minimum atomic E-state index is -3.99. The number of aryl methyl sites for hydroxylation is 1. The van der Waals surface area contributed by atoms with Gasteiger partial charge in [0, 0.05) is 36.0 Å². The predicted octanol–water partition coefficient (Wildman–Crippen LogP) is 3.13. The summed E-state index contributed by atoms with van der Waals surface area (Å²) in [5.74, 6) is -0.621. The van der Waals surface area contributed by atoms with Crippen molar-refractivity contribution in [2.45, 2.75) is 31.2 Å². The first-order chi connectivity index (χ1) is 15.8. The molecule has 2 aromatic heterocycles. The molecule has 0 spiro atoms. The van der Waals surface area contributed by atoms with E-state index in [-0.39, 0.29) is 28.6 Å². The van der Waals surface area contributed by atoms with Crippen LogP contribution in [-0.4, -0.2) is 54.9 Å². The molecular formula is C22H24N4O5S2. The Morgan fingerprint density at radius 2 is 1.97 bits per heavy atom. The number of nitrogens with one attached hydrogen (secondary N) is 1. The molecule has 1 N–H and O–H groups in total. The first kappa shape index (κ1) is 23.0. The second-order valence-corrected chi connectivity index (χ2v) is 10.3. The van der Waals surface area contributed by atoms with Gasteiger partial charge < -0.3 is 14.2 Å². The molecule has 9 nitrogen and oxygen atoms in total. The predicted molar refractivity (Wildman–Crippen MR) is 125 cm³/mol. The molecule has 11 heteroatoms. The molecule has 1 amide bonds. The fourth-order valence-corrected chi connectivity index (χ4v) is 5.58. The van der Waals surface area contributed by atoms with Crippen LogP contribution in [0.25, 0.3) is 10.7 Å². The van der Waals surface area contributed by atoms with E-state index >= 15 is 0 Å². The highest BCUT2D eigenvalue weighted by Gasteiger charge is 2.24. The van der Waals surface area contributed by atoms with Crippen molar-refractivity contribution in [3.63, 3.8) is 0 Å². The molecule has 174 valence electrons. The number of benzene rings is 1. The Bertz CT molecular complexity index is 1290. The molecule has 0 aliphatic carbocycles. The number of sulfonamides is 1. The fourth-order valence-electron chi connectivity index (χ4n) is 3.67. The van der Waals surface area contributed by atoms with E-state index in [2.05, 4.69) is 9.71 Å². The molecule has 3 heterocycles. The first-order valence-electron chi connectivity index (χ1n) is 10.4. The molecule has 33 heavy (non-hydrogen) atoms. The third-order valence-corrected chi connectivity index (χ3v) is 7.65. The highest BCUT2D eigenvalue weighted by molar-refractivity contribution is 7.92. The zero-order chi connectivity index (χ0) is 23.6. The molecule has 0 bridgehead atoms. The van der Waals surface area contributed by atoms with Gasteiger partial charge in [0.2, 0.25) is 5.91 Å². The Labute approximate surface area is 196 Å². The number of ether oxygens (including phenoxy) is 1. The molecule has 1 aliphatic rings. The number of likely N-dealkylation sites (tertiary alicyclic amines) is 1. The summed E-state index contributed by atoms with van der Waals surface area (Å²) in [5.41, 5.74) is 1.83. The van der Waals surface area contributed by atoms with E-state index < -0.39 is 16.0 Å². The normalized spacial score (nSPS) is 13.8. The summed E-state index contributed by atoms with van der Waals surface area (Å²) in [5, 5.41) is 2.51. The highest BCUT2D eigenvalue weighted by atomic mass is 32.2. The number of aromatic nitrogens is 2. The van der Waals surface area contributed by atoms with E-state index in [1.807, 2.05) is 12.3 Å². The van der Waals surface area contributed by atoms with Gasteiger partial charge in [-0.3, -0.25) is 9.52 Å². The number of carbonyl (C=O) groups is 2. The van der Waals surface area contributed by atoms with Gasteiger partial charge in [-0.15, -0.1) is 11.3 Å². The van der Waals surface area contributed by atoms with Gasteiger partial charge in [0.25, 0.3) is 10.0 Å². The SMILES string of the molecule is COC(=O)c1cccc(NS(=O)(=O)c2cc(-c3nc(C)cs3)n(CC(=O)N3CCCC3)c2)c1. The van der Waals surface area contributed by atoms with Crippen LogP contribution >= 0.6 is 11.3 Å². The number of methoxy groups -OCH3 is 1. The van der Waals surface area contributed by atoms with E-state index in [1.54, 1.807) is 21.6 Å². The maximum atomic E-state index is 13.1. The smallest absolute Gasteiger partial charge is 0.337 e. The summed E-state index contributed by atoms with van der Waals surface area (Å²) in [6.07, 6.45) is 3.40. The van der Waals surface area contributed by atoms with E-state index in [1.165, 1.54) is 42.8 Å². The van der Waals surface area contributed by atoms with Gasteiger partial charge >= 0.3 is 5.97 Å². The molecule has 4 rings (SSSR count). The summed E-state index contributed by atoms with van der Waals surface area (Å²) in [6, 6.07) is 7.56. The van der Waals surface area contributed by atoms with Crippen LogP contribution in [0.3, 0.4) is 0 Å². The standard InChI is InChI=1S/C22H24N4O5S2/c1-15-14-32-21(23-15)19-11-18(12-26(19)13-20(27)25-8-3-4-9-25)33(29,30)24-17-7-5-6-16(10-17)22(28)31-2/h5-7,10-12,14,24H,3-4,8-9,13H2,1-2H3. The number of rotatable bonds is 7. The molecule has 0 unspecified atom stereocenters. The number of hydrogen-bond donors (Lipinski definition) is 1. The number of esters is 1. The topological polar surface area (TPSA) is 111 Å². The van der Waals surface area contributed by atoms with Crippen molar-refractivity contribution in [1.29, 1.82) is 0 Å². The van der Waals surface area contributed by atoms with Crippen molar-refractivity contribution >= 4 is 38.9 Å². The van der Waals surface area contributed by atoms with E-state index in [9.17, 15) is 18.0 Å². The largest absolute Gasteiger partial charge is 0.465 e. The maximum Gasteiger partial charge on any atom is 0.337 e. The lowest BCUT2D eigenvalue weighted by Gasteiger charge is -2.16. The number of anilines is 1. The summed E-state index contributed by atoms with van der Waals surface area (Å²) in [4.78, 5) is 30.8. The number of thiazole rings is 1. The third kappa shape index (κ3) is 5.09. The molecule has 0 atom stereocenters. The van der Waals surface area contributed by atoms with Crippen LogP contribution in [-0.2, 0) is 26.1 Å². The minimum absolute atomic E-state index is 0.00282. The van der Waals surface area contributed by atoms with Crippen molar-refractivity contribution in [3.05, 3.63) is 53.2 Å².